The molecular formula is C40H57NO3. The van der Waals surface area contributed by atoms with E-state index in [0.29, 0.717) is 17.1 Å². The molecule has 3 aromatic carbocycles. The lowest BCUT2D eigenvalue weighted by atomic mass is 9.77. The normalized spacial score (nSPS) is 12.9. The number of carbonyl (C=O) groups excluding carboxylic acids is 1. The van der Waals surface area contributed by atoms with Gasteiger partial charge in [-0.1, -0.05) is 126 Å². The standard InChI is InChI=1S/C40H57NO3/c1-37(2,3)30-22-26(23-31(34(30)42)38(4,5)6)18-20-29(41-36(44)28-16-14-13-15-17-28)21-19-27-24-32(39(7,8)9)35(43)33(25-27)40(10,11)12/h13-17,22-25,29,42-43H,18-21H2,1-12H3,(H,41,44). The predicted molar refractivity (Wildman–Crippen MR) is 185 cm³/mol. The van der Waals surface area contributed by atoms with Gasteiger partial charge in [0.05, 0.1) is 0 Å². The van der Waals surface area contributed by atoms with Crippen LogP contribution in [-0.4, -0.2) is 22.2 Å². The predicted octanol–water partition coefficient (Wildman–Crippen LogP) is 9.65. The molecule has 1 amide bonds. The van der Waals surface area contributed by atoms with Gasteiger partial charge in [-0.15, -0.1) is 0 Å². The lowest BCUT2D eigenvalue weighted by Gasteiger charge is -2.29. The molecule has 240 valence electrons. The molecule has 0 saturated carbocycles. The molecule has 44 heavy (non-hydrogen) atoms. The third-order valence-electron chi connectivity index (χ3n) is 8.51. The largest absolute Gasteiger partial charge is 0.507 e. The smallest absolute Gasteiger partial charge is 0.251 e. The summed E-state index contributed by atoms with van der Waals surface area (Å²) in [6.45, 7) is 25.6. The highest BCUT2D eigenvalue weighted by Gasteiger charge is 2.28. The summed E-state index contributed by atoms with van der Waals surface area (Å²) in [6, 6.07) is 17.9. The topological polar surface area (TPSA) is 69.6 Å². The van der Waals surface area contributed by atoms with Crippen molar-refractivity contribution in [2.45, 2.75) is 136 Å². The summed E-state index contributed by atoms with van der Waals surface area (Å²) in [6.07, 6.45) is 3.10. The number of hydrogen-bond donors (Lipinski definition) is 3. The lowest BCUT2D eigenvalue weighted by Crippen LogP contribution is -2.35. The number of benzene rings is 3. The molecule has 0 saturated heterocycles. The number of aromatic hydroxyl groups is 2. The van der Waals surface area contributed by atoms with Crippen LogP contribution in [0, 0.1) is 0 Å². The summed E-state index contributed by atoms with van der Waals surface area (Å²) in [5.74, 6) is 0.710. The van der Waals surface area contributed by atoms with Crippen molar-refractivity contribution in [1.82, 2.24) is 5.32 Å². The van der Waals surface area contributed by atoms with Crippen molar-refractivity contribution in [2.75, 3.05) is 0 Å². The molecule has 0 radical (unpaired) electrons. The van der Waals surface area contributed by atoms with E-state index in [-0.39, 0.29) is 33.6 Å². The van der Waals surface area contributed by atoms with Crippen LogP contribution in [0.2, 0.25) is 0 Å². The molecule has 0 heterocycles. The Morgan fingerprint density at radius 1 is 0.591 bits per heavy atom. The van der Waals surface area contributed by atoms with E-state index in [1.807, 2.05) is 30.3 Å². The van der Waals surface area contributed by atoms with Crippen LogP contribution in [0.25, 0.3) is 0 Å². The van der Waals surface area contributed by atoms with Gasteiger partial charge in [-0.05, 0) is 92.9 Å². The first-order valence-electron chi connectivity index (χ1n) is 16.2. The number of amides is 1. The zero-order chi connectivity index (χ0) is 33.3. The summed E-state index contributed by atoms with van der Waals surface area (Å²) < 4.78 is 0. The van der Waals surface area contributed by atoms with Crippen molar-refractivity contribution in [3.63, 3.8) is 0 Å². The number of nitrogens with one attached hydrogen (secondary N) is 1. The lowest BCUT2D eigenvalue weighted by molar-refractivity contribution is 0.0933. The van der Waals surface area contributed by atoms with E-state index in [9.17, 15) is 15.0 Å². The average molecular weight is 600 g/mol. The maximum atomic E-state index is 13.3. The van der Waals surface area contributed by atoms with Crippen LogP contribution in [0.5, 0.6) is 11.5 Å². The monoisotopic (exact) mass is 599 g/mol. The highest BCUT2D eigenvalue weighted by atomic mass is 16.3. The molecule has 0 bridgehead atoms. The molecule has 0 aliphatic rings. The SMILES string of the molecule is CC(C)(C)c1cc(CCC(CCc2cc(C(C)(C)C)c(O)c(C(C)(C)C)c2)NC(=O)c2ccccc2)cc(C(C)(C)C)c1O. The molecule has 3 N–H and O–H groups in total. The van der Waals surface area contributed by atoms with E-state index in [1.54, 1.807) is 0 Å². The third-order valence-corrected chi connectivity index (χ3v) is 8.51. The summed E-state index contributed by atoms with van der Waals surface area (Å²) in [7, 11) is 0. The molecule has 0 aromatic heterocycles. The number of rotatable bonds is 8. The van der Waals surface area contributed by atoms with Gasteiger partial charge in [0.2, 0.25) is 0 Å². The molecule has 0 aliphatic heterocycles. The first kappa shape index (κ1) is 35.2. The van der Waals surface area contributed by atoms with E-state index < -0.39 is 0 Å². The van der Waals surface area contributed by atoms with Gasteiger partial charge in [-0.2, -0.15) is 0 Å². The van der Waals surface area contributed by atoms with Crippen molar-refractivity contribution in [3.05, 3.63) is 93.5 Å². The number of phenolic OH excluding ortho intramolecular Hbond substituents is 2. The van der Waals surface area contributed by atoms with Crippen LogP contribution in [0.4, 0.5) is 0 Å². The van der Waals surface area contributed by atoms with Crippen LogP contribution >= 0.6 is 0 Å². The van der Waals surface area contributed by atoms with Crippen molar-refractivity contribution in [3.8, 4) is 11.5 Å². The molecule has 0 fully saturated rings. The second-order valence-corrected chi connectivity index (χ2v) is 16.7. The van der Waals surface area contributed by atoms with Gasteiger partial charge in [0, 0.05) is 11.6 Å². The average Bonchev–Trinajstić information content (AvgIpc) is 2.89. The van der Waals surface area contributed by atoms with Gasteiger partial charge in [0.15, 0.2) is 0 Å². The summed E-state index contributed by atoms with van der Waals surface area (Å²) in [5, 5.41) is 25.8. The molecule has 0 unspecified atom stereocenters. The molecular weight excluding hydrogens is 542 g/mol. The molecule has 0 atom stereocenters. The number of carbonyl (C=O) groups is 1. The minimum Gasteiger partial charge on any atom is -0.507 e. The van der Waals surface area contributed by atoms with E-state index in [4.69, 9.17) is 0 Å². The molecule has 3 aromatic rings. The van der Waals surface area contributed by atoms with Crippen LogP contribution < -0.4 is 5.32 Å². The van der Waals surface area contributed by atoms with Gasteiger partial charge in [-0.25, -0.2) is 0 Å². The van der Waals surface area contributed by atoms with Gasteiger partial charge in [-0.3, -0.25) is 4.79 Å². The Morgan fingerprint density at radius 2 is 0.909 bits per heavy atom. The first-order valence-corrected chi connectivity index (χ1v) is 16.2. The van der Waals surface area contributed by atoms with Gasteiger partial charge >= 0.3 is 0 Å². The molecule has 4 nitrogen and oxygen atoms in total. The van der Waals surface area contributed by atoms with Gasteiger partial charge in [0.1, 0.15) is 11.5 Å². The third kappa shape index (κ3) is 8.89. The minimum absolute atomic E-state index is 0.0577. The van der Waals surface area contributed by atoms with E-state index in [1.165, 1.54) is 11.1 Å². The molecule has 4 heteroatoms. The second-order valence-electron chi connectivity index (χ2n) is 16.7. The van der Waals surface area contributed by atoms with Crippen LogP contribution in [0.15, 0.2) is 54.6 Å². The highest BCUT2D eigenvalue weighted by Crippen LogP contribution is 2.41. The molecule has 0 spiro atoms. The summed E-state index contributed by atoms with van der Waals surface area (Å²) >= 11 is 0. The Hall–Kier alpha value is -3.27. The van der Waals surface area contributed by atoms with Crippen LogP contribution in [-0.2, 0) is 34.5 Å². The Balaban J connectivity index is 1.97. The van der Waals surface area contributed by atoms with Gasteiger partial charge in [0.25, 0.3) is 5.91 Å². The van der Waals surface area contributed by atoms with Crippen LogP contribution in [0.3, 0.4) is 0 Å². The van der Waals surface area contributed by atoms with Crippen molar-refractivity contribution in [2.24, 2.45) is 0 Å². The second kappa shape index (κ2) is 13.0. The zero-order valence-corrected chi connectivity index (χ0v) is 29.4. The minimum atomic E-state index is -0.199. The summed E-state index contributed by atoms with van der Waals surface area (Å²) in [4.78, 5) is 13.3. The molecule has 0 aliphatic carbocycles. The van der Waals surface area contributed by atoms with Gasteiger partial charge < -0.3 is 15.5 Å². The van der Waals surface area contributed by atoms with Crippen molar-refractivity contribution >= 4 is 5.91 Å². The van der Waals surface area contributed by atoms with Crippen molar-refractivity contribution < 1.29 is 15.0 Å². The number of phenols is 2. The van der Waals surface area contributed by atoms with E-state index >= 15 is 0 Å². The maximum Gasteiger partial charge on any atom is 0.251 e. The highest BCUT2D eigenvalue weighted by molar-refractivity contribution is 5.94. The van der Waals surface area contributed by atoms with E-state index in [0.717, 1.165) is 47.9 Å². The fraction of sp³-hybridized carbons (Fsp3) is 0.525. The fourth-order valence-electron chi connectivity index (χ4n) is 5.79. The van der Waals surface area contributed by atoms with Crippen LogP contribution in [0.1, 0.15) is 140 Å². The maximum absolute atomic E-state index is 13.3. The zero-order valence-electron chi connectivity index (χ0n) is 29.4. The number of hydrogen-bond acceptors (Lipinski definition) is 3. The Bertz CT molecular complexity index is 1290. The fourth-order valence-corrected chi connectivity index (χ4v) is 5.79. The number of aryl methyl sites for hydroxylation is 2. The summed E-state index contributed by atoms with van der Waals surface area (Å²) in [5.41, 5.74) is 6.03. The van der Waals surface area contributed by atoms with E-state index in [2.05, 4.69) is 113 Å². The Kier molecular flexibility index (Phi) is 10.4. The quantitative estimate of drug-likeness (QED) is 0.241. The van der Waals surface area contributed by atoms with Crippen molar-refractivity contribution in [1.29, 1.82) is 0 Å². The first-order chi connectivity index (χ1) is 20.1. The Morgan fingerprint density at radius 3 is 1.20 bits per heavy atom. The Labute approximate surface area is 267 Å². The molecule has 3 rings (SSSR count).